The minimum Gasteiger partial charge on any atom is -0.349 e. The first-order valence-corrected chi connectivity index (χ1v) is 10.7. The van der Waals surface area contributed by atoms with Gasteiger partial charge in [0, 0.05) is 30.5 Å². The van der Waals surface area contributed by atoms with Crippen LogP contribution in [0.25, 0.3) is 22.1 Å². The number of amides is 1. The molecule has 3 aromatic rings. The molecule has 0 radical (unpaired) electrons. The molecule has 2 aliphatic rings. The van der Waals surface area contributed by atoms with Crippen LogP contribution in [0.15, 0.2) is 18.5 Å². The maximum atomic E-state index is 12.3. The molecule has 5 rings (SSSR count). The second-order valence-electron chi connectivity index (χ2n) is 8.59. The molecule has 2 saturated carbocycles. The van der Waals surface area contributed by atoms with Crippen LogP contribution in [0, 0.1) is 23.2 Å². The van der Waals surface area contributed by atoms with E-state index in [1.165, 1.54) is 12.8 Å². The van der Waals surface area contributed by atoms with Gasteiger partial charge >= 0.3 is 0 Å². The van der Waals surface area contributed by atoms with Crippen molar-refractivity contribution in [3.05, 3.63) is 24.3 Å². The minimum absolute atomic E-state index is 0.119. The van der Waals surface area contributed by atoms with Crippen LogP contribution in [0.4, 0.5) is 0 Å². The summed E-state index contributed by atoms with van der Waals surface area (Å²) in [6.45, 7) is 0.449. The summed E-state index contributed by atoms with van der Waals surface area (Å²) in [6, 6.07) is 4.72. The number of carbonyl (C=O) groups is 1. The van der Waals surface area contributed by atoms with Gasteiger partial charge in [-0.1, -0.05) is 0 Å². The standard InChI is InChI=1S/C22H26N6O/c23-9-7-14-3-5-16(6-4-14)28-19(13-25-20(29)11-15-1-2-15)27-18-12-26-22-17(21(18)28)8-10-24-22/h8,10,12,14-16H,1-7,11,13H2,(H,24,26)(H,25,29). The summed E-state index contributed by atoms with van der Waals surface area (Å²) in [6.07, 6.45) is 11.6. The van der Waals surface area contributed by atoms with E-state index in [2.05, 4.69) is 32.0 Å². The van der Waals surface area contributed by atoms with E-state index in [4.69, 9.17) is 10.2 Å². The summed E-state index contributed by atoms with van der Waals surface area (Å²) in [5.74, 6) is 2.10. The lowest BCUT2D eigenvalue weighted by Crippen LogP contribution is -2.27. The number of pyridine rings is 1. The Kier molecular flexibility index (Phi) is 4.70. The second-order valence-corrected chi connectivity index (χ2v) is 8.59. The third-order valence-electron chi connectivity index (χ3n) is 6.48. The molecule has 2 N–H and O–H groups in total. The van der Waals surface area contributed by atoms with Crippen molar-refractivity contribution in [2.45, 2.75) is 64.0 Å². The number of rotatable bonds is 6. The number of nitrogens with zero attached hydrogens (tertiary/aromatic N) is 4. The second kappa shape index (κ2) is 7.51. The Morgan fingerprint density at radius 3 is 2.79 bits per heavy atom. The highest BCUT2D eigenvalue weighted by molar-refractivity contribution is 6.01. The molecule has 2 fully saturated rings. The highest BCUT2D eigenvalue weighted by Gasteiger charge is 2.28. The number of hydrogen-bond acceptors (Lipinski definition) is 4. The molecule has 7 heteroatoms. The maximum Gasteiger partial charge on any atom is 0.220 e. The molecule has 29 heavy (non-hydrogen) atoms. The van der Waals surface area contributed by atoms with Crippen LogP contribution in [0.2, 0.25) is 0 Å². The van der Waals surface area contributed by atoms with Gasteiger partial charge in [-0.2, -0.15) is 5.26 Å². The van der Waals surface area contributed by atoms with Gasteiger partial charge in [0.1, 0.15) is 17.0 Å². The average Bonchev–Trinajstić information content (AvgIpc) is 3.27. The fraction of sp³-hybridized carbons (Fsp3) is 0.545. The van der Waals surface area contributed by atoms with E-state index in [0.717, 1.165) is 53.6 Å². The van der Waals surface area contributed by atoms with Crippen molar-refractivity contribution in [3.63, 3.8) is 0 Å². The molecule has 0 saturated heterocycles. The Bertz CT molecular complexity index is 1080. The number of hydrogen-bond donors (Lipinski definition) is 2. The van der Waals surface area contributed by atoms with Gasteiger partial charge in [-0.15, -0.1) is 0 Å². The van der Waals surface area contributed by atoms with Crippen LogP contribution >= 0.6 is 0 Å². The predicted octanol–water partition coefficient (Wildman–Crippen LogP) is 3.97. The molecule has 3 aromatic heterocycles. The number of nitriles is 1. The first-order valence-electron chi connectivity index (χ1n) is 10.7. The smallest absolute Gasteiger partial charge is 0.220 e. The van der Waals surface area contributed by atoms with Gasteiger partial charge < -0.3 is 14.9 Å². The van der Waals surface area contributed by atoms with Crippen molar-refractivity contribution in [1.82, 2.24) is 24.8 Å². The monoisotopic (exact) mass is 390 g/mol. The lowest BCUT2D eigenvalue weighted by atomic mass is 9.84. The van der Waals surface area contributed by atoms with Gasteiger partial charge in [0.05, 0.1) is 24.3 Å². The third-order valence-corrected chi connectivity index (χ3v) is 6.48. The van der Waals surface area contributed by atoms with E-state index >= 15 is 0 Å². The number of nitrogens with one attached hydrogen (secondary N) is 2. The minimum atomic E-state index is 0.119. The zero-order chi connectivity index (χ0) is 19.8. The Hall–Kier alpha value is -2.88. The number of aromatic amines is 1. The highest BCUT2D eigenvalue weighted by Crippen LogP contribution is 2.38. The van der Waals surface area contributed by atoms with Crippen molar-refractivity contribution in [2.24, 2.45) is 11.8 Å². The molecule has 0 aliphatic heterocycles. The molecule has 150 valence electrons. The van der Waals surface area contributed by atoms with Gasteiger partial charge in [0.2, 0.25) is 5.91 Å². The van der Waals surface area contributed by atoms with Gasteiger partial charge in [0.25, 0.3) is 0 Å². The summed E-state index contributed by atoms with van der Waals surface area (Å²) in [4.78, 5) is 24.8. The van der Waals surface area contributed by atoms with Crippen molar-refractivity contribution >= 4 is 28.0 Å². The van der Waals surface area contributed by atoms with Gasteiger partial charge in [0.15, 0.2) is 0 Å². The maximum absolute atomic E-state index is 12.3. The van der Waals surface area contributed by atoms with Crippen molar-refractivity contribution < 1.29 is 4.79 Å². The number of carbonyl (C=O) groups excluding carboxylic acids is 1. The molecule has 0 aromatic carbocycles. The van der Waals surface area contributed by atoms with E-state index in [1.54, 1.807) is 0 Å². The molecule has 3 heterocycles. The number of H-pyrrole nitrogens is 1. The molecule has 2 aliphatic carbocycles. The van der Waals surface area contributed by atoms with Crippen molar-refractivity contribution in [1.29, 1.82) is 5.26 Å². The number of imidazole rings is 1. The van der Waals surface area contributed by atoms with E-state index in [1.807, 2.05) is 12.4 Å². The Morgan fingerprint density at radius 2 is 2.03 bits per heavy atom. The molecule has 0 atom stereocenters. The molecule has 0 unspecified atom stereocenters. The Balaban J connectivity index is 1.47. The van der Waals surface area contributed by atoms with Gasteiger partial charge in [-0.3, -0.25) is 4.79 Å². The summed E-state index contributed by atoms with van der Waals surface area (Å²) in [5.41, 5.74) is 2.84. The molecule has 0 spiro atoms. The van der Waals surface area contributed by atoms with E-state index in [9.17, 15) is 4.79 Å². The van der Waals surface area contributed by atoms with Crippen LogP contribution in [-0.4, -0.2) is 25.4 Å². The summed E-state index contributed by atoms with van der Waals surface area (Å²) < 4.78 is 2.34. The molecular formula is C22H26N6O. The number of fused-ring (bicyclic) bond motifs is 3. The molecule has 1 amide bonds. The third kappa shape index (κ3) is 3.59. The Labute approximate surface area is 169 Å². The lowest BCUT2D eigenvalue weighted by Gasteiger charge is -2.30. The van der Waals surface area contributed by atoms with E-state index in [0.29, 0.717) is 37.3 Å². The van der Waals surface area contributed by atoms with Crippen molar-refractivity contribution in [2.75, 3.05) is 0 Å². The lowest BCUT2D eigenvalue weighted by molar-refractivity contribution is -0.121. The zero-order valence-electron chi connectivity index (χ0n) is 16.5. The first kappa shape index (κ1) is 18.2. The van der Waals surface area contributed by atoms with Crippen LogP contribution in [0.5, 0.6) is 0 Å². The Morgan fingerprint density at radius 1 is 1.24 bits per heavy atom. The topological polar surface area (TPSA) is 99.4 Å². The van der Waals surface area contributed by atoms with E-state index in [-0.39, 0.29) is 5.91 Å². The van der Waals surface area contributed by atoms with Crippen LogP contribution < -0.4 is 5.32 Å². The van der Waals surface area contributed by atoms with E-state index < -0.39 is 0 Å². The SMILES string of the molecule is N#CCC1CCC(n2c(CNC(=O)CC3CC3)nc3cnc4[nH]ccc4c32)CC1. The first-order chi connectivity index (χ1) is 14.2. The molecule has 7 nitrogen and oxygen atoms in total. The quantitative estimate of drug-likeness (QED) is 0.665. The average molecular weight is 390 g/mol. The van der Waals surface area contributed by atoms with Gasteiger partial charge in [-0.05, 0) is 56.4 Å². The fourth-order valence-corrected chi connectivity index (χ4v) is 4.73. The normalized spacial score (nSPS) is 22.0. The predicted molar refractivity (Wildman–Crippen MR) is 110 cm³/mol. The summed E-state index contributed by atoms with van der Waals surface area (Å²) in [7, 11) is 0. The largest absolute Gasteiger partial charge is 0.349 e. The van der Waals surface area contributed by atoms with Crippen LogP contribution in [-0.2, 0) is 11.3 Å². The fourth-order valence-electron chi connectivity index (χ4n) is 4.73. The van der Waals surface area contributed by atoms with Crippen LogP contribution in [0.3, 0.4) is 0 Å². The molecular weight excluding hydrogens is 364 g/mol. The highest BCUT2D eigenvalue weighted by atomic mass is 16.1. The number of aromatic nitrogens is 4. The summed E-state index contributed by atoms with van der Waals surface area (Å²) >= 11 is 0. The van der Waals surface area contributed by atoms with Gasteiger partial charge in [-0.25, -0.2) is 9.97 Å². The van der Waals surface area contributed by atoms with Crippen molar-refractivity contribution in [3.8, 4) is 6.07 Å². The summed E-state index contributed by atoms with van der Waals surface area (Å²) in [5, 5.41) is 13.2. The molecule has 0 bridgehead atoms. The zero-order valence-corrected chi connectivity index (χ0v) is 16.5. The van der Waals surface area contributed by atoms with Crippen LogP contribution in [0.1, 0.15) is 63.2 Å².